The molecule has 0 fully saturated rings. The van der Waals surface area contributed by atoms with Gasteiger partial charge < -0.3 is 15.5 Å². The molecule has 2 aromatic heterocycles. The first-order chi connectivity index (χ1) is 10.1. The molecule has 6 heteroatoms. The maximum absolute atomic E-state index is 12.4. The molecule has 1 unspecified atom stereocenters. The van der Waals surface area contributed by atoms with Gasteiger partial charge in [-0.25, -0.2) is 4.98 Å². The highest BCUT2D eigenvalue weighted by Crippen LogP contribution is 2.33. The molecular weight excluding hydrogens is 286 g/mol. The average Bonchev–Trinajstić information content (AvgIpc) is 3.04. The summed E-state index contributed by atoms with van der Waals surface area (Å²) in [5.74, 6) is 0.991. The predicted octanol–water partition coefficient (Wildman–Crippen LogP) is 3.27. The third kappa shape index (κ3) is 2.50. The monoisotopic (exact) mass is 301 g/mol. The zero-order chi connectivity index (χ0) is 15.0. The van der Waals surface area contributed by atoms with Gasteiger partial charge in [0, 0.05) is 10.1 Å². The maximum Gasteiger partial charge on any atom is 0.264 e. The van der Waals surface area contributed by atoms with Crippen LogP contribution < -0.4 is 11.1 Å². The molecule has 0 bridgehead atoms. The molecule has 3 aromatic rings. The summed E-state index contributed by atoms with van der Waals surface area (Å²) in [6, 6.07) is 7.40. The van der Waals surface area contributed by atoms with Crippen LogP contribution in [-0.2, 0) is 0 Å². The summed E-state index contributed by atoms with van der Waals surface area (Å²) in [6.07, 6.45) is 1.63. The van der Waals surface area contributed by atoms with E-state index in [0.29, 0.717) is 22.2 Å². The lowest BCUT2D eigenvalue weighted by molar-refractivity contribution is 0.0939. The van der Waals surface area contributed by atoms with Crippen molar-refractivity contribution in [2.75, 3.05) is 5.73 Å². The van der Waals surface area contributed by atoms with E-state index in [4.69, 9.17) is 10.2 Å². The largest absolute Gasteiger partial charge is 0.444 e. The number of nitrogens with one attached hydrogen (secondary N) is 1. The molecule has 0 saturated heterocycles. The Hall–Kier alpha value is -2.34. The van der Waals surface area contributed by atoms with Crippen molar-refractivity contribution in [3.8, 4) is 0 Å². The van der Waals surface area contributed by atoms with Gasteiger partial charge in [0.05, 0.1) is 11.9 Å². The van der Waals surface area contributed by atoms with Crippen molar-refractivity contribution in [1.29, 1.82) is 0 Å². The molecule has 3 N–H and O–H groups in total. The summed E-state index contributed by atoms with van der Waals surface area (Å²) in [6.45, 7) is 3.64. The number of aromatic nitrogens is 1. The third-order valence-corrected chi connectivity index (χ3v) is 4.38. The topological polar surface area (TPSA) is 81.2 Å². The Morgan fingerprint density at radius 2 is 2.19 bits per heavy atom. The zero-order valence-corrected chi connectivity index (χ0v) is 12.5. The molecule has 1 amide bonds. The molecular formula is C15H15N3O2S. The van der Waals surface area contributed by atoms with Crippen molar-refractivity contribution < 1.29 is 9.21 Å². The fraction of sp³-hybridized carbons (Fsp3) is 0.200. The van der Waals surface area contributed by atoms with Crippen molar-refractivity contribution in [2.24, 2.45) is 0 Å². The Labute approximate surface area is 125 Å². The maximum atomic E-state index is 12.4. The number of oxazole rings is 1. The number of hydrogen-bond donors (Lipinski definition) is 2. The van der Waals surface area contributed by atoms with Crippen molar-refractivity contribution >= 4 is 33.0 Å². The second kappa shape index (κ2) is 5.21. The molecule has 3 rings (SSSR count). The molecule has 0 aliphatic carbocycles. The number of nitrogens with two attached hydrogens (primary N) is 1. The summed E-state index contributed by atoms with van der Waals surface area (Å²) in [4.78, 5) is 17.0. The van der Waals surface area contributed by atoms with Gasteiger partial charge in [-0.3, -0.25) is 4.79 Å². The van der Waals surface area contributed by atoms with Gasteiger partial charge in [0.1, 0.15) is 16.7 Å². The summed E-state index contributed by atoms with van der Waals surface area (Å²) in [7, 11) is 0. The molecule has 2 heterocycles. The first-order valence-corrected chi connectivity index (χ1v) is 7.38. The molecule has 21 heavy (non-hydrogen) atoms. The molecule has 0 radical (unpaired) electrons. The van der Waals surface area contributed by atoms with Crippen LogP contribution in [0.25, 0.3) is 10.1 Å². The molecule has 1 atom stereocenters. The number of amides is 1. The second-order valence-corrected chi connectivity index (χ2v) is 5.90. The minimum atomic E-state index is -0.309. The minimum absolute atomic E-state index is 0.211. The van der Waals surface area contributed by atoms with Gasteiger partial charge in [0.2, 0.25) is 5.89 Å². The predicted molar refractivity (Wildman–Crippen MR) is 83.4 cm³/mol. The number of nitrogen functional groups attached to an aromatic ring is 1. The van der Waals surface area contributed by atoms with Gasteiger partial charge in [-0.15, -0.1) is 11.3 Å². The van der Waals surface area contributed by atoms with E-state index in [2.05, 4.69) is 10.3 Å². The van der Waals surface area contributed by atoms with Crippen LogP contribution in [0.3, 0.4) is 0 Å². The SMILES string of the molecule is Cc1cnc(C(C)NC(=O)c2sc3ccccc3c2N)o1. The van der Waals surface area contributed by atoms with E-state index >= 15 is 0 Å². The summed E-state index contributed by atoms with van der Waals surface area (Å²) in [5.41, 5.74) is 6.59. The number of nitrogens with zero attached hydrogens (tertiary/aromatic N) is 1. The van der Waals surface area contributed by atoms with Crippen LogP contribution in [0, 0.1) is 6.92 Å². The van der Waals surface area contributed by atoms with E-state index in [1.165, 1.54) is 11.3 Å². The number of benzene rings is 1. The van der Waals surface area contributed by atoms with Crippen molar-refractivity contribution in [1.82, 2.24) is 10.3 Å². The molecule has 108 valence electrons. The summed E-state index contributed by atoms with van der Waals surface area (Å²) >= 11 is 1.39. The van der Waals surface area contributed by atoms with Gasteiger partial charge in [0.25, 0.3) is 5.91 Å². The van der Waals surface area contributed by atoms with Crippen molar-refractivity contribution in [3.05, 3.63) is 47.0 Å². The first-order valence-electron chi connectivity index (χ1n) is 6.56. The smallest absolute Gasteiger partial charge is 0.264 e. The van der Waals surface area contributed by atoms with E-state index in [0.717, 1.165) is 10.1 Å². The lowest BCUT2D eigenvalue weighted by Crippen LogP contribution is -2.26. The molecule has 0 aliphatic heterocycles. The molecule has 0 spiro atoms. The quantitative estimate of drug-likeness (QED) is 0.778. The van der Waals surface area contributed by atoms with Crippen LogP contribution in [0.1, 0.15) is 34.3 Å². The normalized spacial score (nSPS) is 12.5. The van der Waals surface area contributed by atoms with Crippen molar-refractivity contribution in [3.63, 3.8) is 0 Å². The minimum Gasteiger partial charge on any atom is -0.444 e. The molecule has 0 aliphatic rings. The standard InChI is InChI=1S/C15H15N3O2S/c1-8-7-17-15(20-8)9(2)18-14(19)13-12(16)10-5-3-4-6-11(10)21-13/h3-7,9H,16H2,1-2H3,(H,18,19). The van der Waals surface area contributed by atoms with Crippen LogP contribution in [0.2, 0.25) is 0 Å². The zero-order valence-electron chi connectivity index (χ0n) is 11.7. The Kier molecular flexibility index (Phi) is 3.39. The van der Waals surface area contributed by atoms with Gasteiger partial charge in [-0.05, 0) is 19.9 Å². The van der Waals surface area contributed by atoms with Gasteiger partial charge in [0.15, 0.2) is 0 Å². The number of thiophene rings is 1. The van der Waals surface area contributed by atoms with Crippen molar-refractivity contribution in [2.45, 2.75) is 19.9 Å². The number of aryl methyl sites for hydroxylation is 1. The number of carbonyl (C=O) groups excluding carboxylic acids is 1. The van der Waals surface area contributed by atoms with E-state index in [9.17, 15) is 4.79 Å². The highest BCUT2D eigenvalue weighted by molar-refractivity contribution is 7.21. The Bertz CT molecular complexity index is 806. The van der Waals surface area contributed by atoms with Crippen LogP contribution >= 0.6 is 11.3 Å². The van der Waals surface area contributed by atoms with Gasteiger partial charge in [-0.1, -0.05) is 18.2 Å². The molecule has 5 nitrogen and oxygen atoms in total. The fourth-order valence-electron chi connectivity index (χ4n) is 2.13. The molecule has 1 aromatic carbocycles. The highest BCUT2D eigenvalue weighted by Gasteiger charge is 2.20. The first kappa shape index (κ1) is 13.6. The van der Waals surface area contributed by atoms with E-state index < -0.39 is 0 Å². The number of carbonyl (C=O) groups is 1. The summed E-state index contributed by atoms with van der Waals surface area (Å²) < 4.78 is 6.42. The number of fused-ring (bicyclic) bond motifs is 1. The highest BCUT2D eigenvalue weighted by atomic mass is 32.1. The number of anilines is 1. The average molecular weight is 301 g/mol. The van der Waals surface area contributed by atoms with Crippen LogP contribution in [0.15, 0.2) is 34.9 Å². The van der Waals surface area contributed by atoms with Crippen LogP contribution in [0.4, 0.5) is 5.69 Å². The Balaban J connectivity index is 1.85. The van der Waals surface area contributed by atoms with Gasteiger partial charge in [-0.2, -0.15) is 0 Å². The van der Waals surface area contributed by atoms with E-state index in [-0.39, 0.29) is 11.9 Å². The lowest BCUT2D eigenvalue weighted by atomic mass is 10.2. The van der Waals surface area contributed by atoms with Crippen LogP contribution in [-0.4, -0.2) is 10.9 Å². The van der Waals surface area contributed by atoms with Crippen LogP contribution in [0.5, 0.6) is 0 Å². The third-order valence-electron chi connectivity index (χ3n) is 3.20. The van der Waals surface area contributed by atoms with E-state index in [1.807, 2.05) is 38.1 Å². The second-order valence-electron chi connectivity index (χ2n) is 4.85. The molecule has 0 saturated carbocycles. The fourth-order valence-corrected chi connectivity index (χ4v) is 3.16. The van der Waals surface area contributed by atoms with E-state index in [1.54, 1.807) is 6.20 Å². The Morgan fingerprint density at radius 1 is 1.43 bits per heavy atom. The van der Waals surface area contributed by atoms with Gasteiger partial charge >= 0.3 is 0 Å². The number of hydrogen-bond acceptors (Lipinski definition) is 5. The number of rotatable bonds is 3. The lowest BCUT2D eigenvalue weighted by Gasteiger charge is -2.09. The Morgan fingerprint density at radius 3 is 2.86 bits per heavy atom. The summed E-state index contributed by atoms with van der Waals surface area (Å²) in [5, 5.41) is 3.77.